The van der Waals surface area contributed by atoms with E-state index in [4.69, 9.17) is 0 Å². The number of nitrogens with zero attached hydrogens (tertiary/aromatic N) is 1. The molecule has 0 aromatic rings. The molecule has 1 N–H and O–H groups in total. The topological polar surface area (TPSA) is 15.3 Å². The molecule has 1 aliphatic carbocycles. The Morgan fingerprint density at radius 3 is 2.47 bits per heavy atom. The van der Waals surface area contributed by atoms with Crippen molar-refractivity contribution in [2.45, 2.75) is 58.4 Å². The minimum absolute atomic E-state index is 0.480. The SMILES string of the molecule is CNC1C(CN2CCCCC2)CCCC1(C)C. The molecule has 1 aliphatic heterocycles. The third kappa shape index (κ3) is 3.23. The first-order valence-electron chi connectivity index (χ1n) is 7.53. The van der Waals surface area contributed by atoms with Gasteiger partial charge < -0.3 is 10.2 Å². The lowest BCUT2D eigenvalue weighted by Gasteiger charge is -2.46. The van der Waals surface area contributed by atoms with Crippen molar-refractivity contribution in [3.63, 3.8) is 0 Å². The van der Waals surface area contributed by atoms with Gasteiger partial charge in [-0.15, -0.1) is 0 Å². The first-order chi connectivity index (χ1) is 8.13. The lowest BCUT2D eigenvalue weighted by Crippen LogP contribution is -2.52. The Morgan fingerprint density at radius 1 is 1.12 bits per heavy atom. The van der Waals surface area contributed by atoms with Crippen LogP contribution >= 0.6 is 0 Å². The van der Waals surface area contributed by atoms with Gasteiger partial charge in [0.05, 0.1) is 0 Å². The fourth-order valence-corrected chi connectivity index (χ4v) is 4.08. The Kier molecular flexibility index (Phi) is 4.48. The highest BCUT2D eigenvalue weighted by Crippen LogP contribution is 2.39. The highest BCUT2D eigenvalue weighted by Gasteiger charge is 2.38. The standard InChI is InChI=1S/C15H30N2/c1-15(2)9-7-8-13(14(15)16-3)12-17-10-5-4-6-11-17/h13-14,16H,4-12H2,1-3H3. The van der Waals surface area contributed by atoms with Gasteiger partial charge in [-0.05, 0) is 57.2 Å². The van der Waals surface area contributed by atoms with Crippen LogP contribution in [0.1, 0.15) is 52.4 Å². The van der Waals surface area contributed by atoms with Gasteiger partial charge in [-0.1, -0.05) is 26.7 Å². The van der Waals surface area contributed by atoms with E-state index in [0.29, 0.717) is 11.5 Å². The molecular weight excluding hydrogens is 208 g/mol. The van der Waals surface area contributed by atoms with E-state index in [2.05, 4.69) is 31.1 Å². The van der Waals surface area contributed by atoms with Crippen LogP contribution in [-0.4, -0.2) is 37.6 Å². The number of piperidine rings is 1. The molecule has 2 atom stereocenters. The van der Waals surface area contributed by atoms with Crippen LogP contribution in [0, 0.1) is 11.3 Å². The fourth-order valence-electron chi connectivity index (χ4n) is 4.08. The molecule has 2 aliphatic rings. The second-order valence-electron chi connectivity index (χ2n) is 6.77. The van der Waals surface area contributed by atoms with Crippen LogP contribution in [0.3, 0.4) is 0 Å². The molecule has 0 aromatic heterocycles. The molecule has 2 fully saturated rings. The van der Waals surface area contributed by atoms with Crippen molar-refractivity contribution in [1.82, 2.24) is 10.2 Å². The summed E-state index contributed by atoms with van der Waals surface area (Å²) >= 11 is 0. The second-order valence-corrected chi connectivity index (χ2v) is 6.77. The predicted octanol–water partition coefficient (Wildman–Crippen LogP) is 2.89. The minimum Gasteiger partial charge on any atom is -0.316 e. The van der Waals surface area contributed by atoms with Gasteiger partial charge in [-0.3, -0.25) is 0 Å². The van der Waals surface area contributed by atoms with Crippen molar-refractivity contribution < 1.29 is 0 Å². The monoisotopic (exact) mass is 238 g/mol. The number of likely N-dealkylation sites (tertiary alicyclic amines) is 1. The zero-order chi connectivity index (χ0) is 12.3. The van der Waals surface area contributed by atoms with Crippen LogP contribution in [-0.2, 0) is 0 Å². The highest BCUT2D eigenvalue weighted by molar-refractivity contribution is 4.93. The van der Waals surface area contributed by atoms with E-state index in [1.807, 2.05) is 0 Å². The molecule has 100 valence electrons. The molecule has 2 heteroatoms. The maximum absolute atomic E-state index is 3.61. The molecule has 0 radical (unpaired) electrons. The number of nitrogens with one attached hydrogen (secondary N) is 1. The molecule has 0 aromatic carbocycles. The molecular formula is C15H30N2. The van der Waals surface area contributed by atoms with Gasteiger partial charge in [0, 0.05) is 12.6 Å². The van der Waals surface area contributed by atoms with Crippen molar-refractivity contribution in [2.24, 2.45) is 11.3 Å². The van der Waals surface area contributed by atoms with Crippen molar-refractivity contribution in [2.75, 3.05) is 26.7 Å². The smallest absolute Gasteiger partial charge is 0.0156 e. The molecule has 0 amide bonds. The largest absolute Gasteiger partial charge is 0.316 e. The zero-order valence-corrected chi connectivity index (χ0v) is 12.0. The summed E-state index contributed by atoms with van der Waals surface area (Å²) in [6.07, 6.45) is 8.51. The van der Waals surface area contributed by atoms with E-state index in [0.717, 1.165) is 5.92 Å². The van der Waals surface area contributed by atoms with Crippen LogP contribution < -0.4 is 5.32 Å². The molecule has 0 spiro atoms. The normalized spacial score (nSPS) is 34.8. The van der Waals surface area contributed by atoms with E-state index in [1.165, 1.54) is 58.2 Å². The molecule has 1 heterocycles. The lowest BCUT2D eigenvalue weighted by atomic mass is 9.68. The lowest BCUT2D eigenvalue weighted by molar-refractivity contribution is 0.0773. The maximum atomic E-state index is 3.61. The van der Waals surface area contributed by atoms with E-state index < -0.39 is 0 Å². The summed E-state index contributed by atoms with van der Waals surface area (Å²) in [5.41, 5.74) is 0.480. The highest BCUT2D eigenvalue weighted by atomic mass is 15.1. The van der Waals surface area contributed by atoms with Crippen LogP contribution in [0.25, 0.3) is 0 Å². The van der Waals surface area contributed by atoms with E-state index in [9.17, 15) is 0 Å². The van der Waals surface area contributed by atoms with Crippen molar-refractivity contribution >= 4 is 0 Å². The minimum atomic E-state index is 0.480. The fraction of sp³-hybridized carbons (Fsp3) is 1.00. The van der Waals surface area contributed by atoms with Crippen molar-refractivity contribution in [3.05, 3.63) is 0 Å². The number of hydrogen-bond donors (Lipinski definition) is 1. The Labute approximate surface area is 107 Å². The summed E-state index contributed by atoms with van der Waals surface area (Å²) < 4.78 is 0. The van der Waals surface area contributed by atoms with Gasteiger partial charge in [0.15, 0.2) is 0 Å². The van der Waals surface area contributed by atoms with Crippen LogP contribution in [0.4, 0.5) is 0 Å². The summed E-state index contributed by atoms with van der Waals surface area (Å²) in [5.74, 6) is 0.863. The Balaban J connectivity index is 1.93. The maximum Gasteiger partial charge on any atom is 0.0156 e. The van der Waals surface area contributed by atoms with Crippen LogP contribution in [0.5, 0.6) is 0 Å². The molecule has 2 unspecified atom stereocenters. The zero-order valence-electron chi connectivity index (χ0n) is 12.0. The summed E-state index contributed by atoms with van der Waals surface area (Å²) in [7, 11) is 2.15. The third-order valence-corrected chi connectivity index (χ3v) is 4.96. The predicted molar refractivity (Wildman–Crippen MR) is 74.3 cm³/mol. The number of rotatable bonds is 3. The third-order valence-electron chi connectivity index (χ3n) is 4.96. The van der Waals surface area contributed by atoms with E-state index in [1.54, 1.807) is 0 Å². The molecule has 0 bridgehead atoms. The molecule has 1 saturated carbocycles. The van der Waals surface area contributed by atoms with E-state index >= 15 is 0 Å². The van der Waals surface area contributed by atoms with Crippen LogP contribution in [0.2, 0.25) is 0 Å². The van der Waals surface area contributed by atoms with Gasteiger partial charge in [-0.25, -0.2) is 0 Å². The average molecular weight is 238 g/mol. The molecule has 17 heavy (non-hydrogen) atoms. The molecule has 2 nitrogen and oxygen atoms in total. The van der Waals surface area contributed by atoms with Crippen molar-refractivity contribution in [3.8, 4) is 0 Å². The Bertz CT molecular complexity index is 231. The quantitative estimate of drug-likeness (QED) is 0.813. The summed E-state index contributed by atoms with van der Waals surface area (Å²) in [5, 5.41) is 3.61. The molecule has 2 rings (SSSR count). The van der Waals surface area contributed by atoms with Gasteiger partial charge in [0.25, 0.3) is 0 Å². The van der Waals surface area contributed by atoms with Gasteiger partial charge in [0.1, 0.15) is 0 Å². The van der Waals surface area contributed by atoms with Gasteiger partial charge in [-0.2, -0.15) is 0 Å². The first kappa shape index (κ1) is 13.4. The van der Waals surface area contributed by atoms with Crippen molar-refractivity contribution in [1.29, 1.82) is 0 Å². The summed E-state index contributed by atoms with van der Waals surface area (Å²) in [6, 6.07) is 0.707. The van der Waals surface area contributed by atoms with Gasteiger partial charge >= 0.3 is 0 Å². The van der Waals surface area contributed by atoms with Crippen LogP contribution in [0.15, 0.2) is 0 Å². The Hall–Kier alpha value is -0.0800. The average Bonchev–Trinajstić information content (AvgIpc) is 2.29. The summed E-state index contributed by atoms with van der Waals surface area (Å²) in [6.45, 7) is 8.89. The van der Waals surface area contributed by atoms with Gasteiger partial charge in [0.2, 0.25) is 0 Å². The first-order valence-corrected chi connectivity index (χ1v) is 7.53. The second kappa shape index (κ2) is 5.71. The molecule has 1 saturated heterocycles. The summed E-state index contributed by atoms with van der Waals surface area (Å²) in [4.78, 5) is 2.71. The Morgan fingerprint density at radius 2 is 1.82 bits per heavy atom. The van der Waals surface area contributed by atoms with E-state index in [-0.39, 0.29) is 0 Å². The number of hydrogen-bond acceptors (Lipinski definition) is 2.